The Morgan fingerprint density at radius 2 is 2.18 bits per heavy atom. The fraction of sp³-hybridized carbons (Fsp3) is 0.333. The minimum atomic E-state index is -0.530. The van der Waals surface area contributed by atoms with Gasteiger partial charge in [0.2, 0.25) is 5.91 Å². The van der Waals surface area contributed by atoms with E-state index in [4.69, 9.17) is 10.5 Å². The van der Waals surface area contributed by atoms with Crippen LogP contribution in [0.1, 0.15) is 12.8 Å². The van der Waals surface area contributed by atoms with Crippen LogP contribution in [0.4, 0.5) is 5.69 Å². The van der Waals surface area contributed by atoms with Crippen LogP contribution in [0.5, 0.6) is 5.75 Å². The van der Waals surface area contributed by atoms with Crippen LogP contribution < -0.4 is 15.8 Å². The van der Waals surface area contributed by atoms with Crippen LogP contribution in [0.15, 0.2) is 24.3 Å². The molecule has 0 unspecified atom stereocenters. The van der Waals surface area contributed by atoms with E-state index in [1.807, 2.05) is 0 Å². The molecule has 0 atom stereocenters. The number of carbonyl (C=O) groups excluding carboxylic acids is 2. The van der Waals surface area contributed by atoms with Crippen molar-refractivity contribution in [2.45, 2.75) is 12.8 Å². The summed E-state index contributed by atoms with van der Waals surface area (Å²) in [6.45, 7) is -0.167. The normalized spacial score (nSPS) is 14.1. The molecule has 17 heavy (non-hydrogen) atoms. The highest BCUT2D eigenvalue weighted by atomic mass is 16.5. The average Bonchev–Trinajstić information content (AvgIpc) is 3.10. The highest BCUT2D eigenvalue weighted by Crippen LogP contribution is 2.30. The van der Waals surface area contributed by atoms with Crippen molar-refractivity contribution in [3.8, 4) is 5.75 Å². The fourth-order valence-corrected chi connectivity index (χ4v) is 1.41. The molecule has 0 saturated heterocycles. The van der Waals surface area contributed by atoms with Crippen molar-refractivity contribution < 1.29 is 14.3 Å². The van der Waals surface area contributed by atoms with Gasteiger partial charge >= 0.3 is 0 Å². The van der Waals surface area contributed by atoms with Crippen molar-refractivity contribution in [3.63, 3.8) is 0 Å². The Balaban J connectivity index is 1.95. The molecule has 2 amide bonds. The number of amides is 2. The molecular weight excluding hydrogens is 220 g/mol. The monoisotopic (exact) mass is 234 g/mol. The molecule has 1 fully saturated rings. The molecule has 1 aliphatic rings. The van der Waals surface area contributed by atoms with Crippen molar-refractivity contribution in [2.75, 3.05) is 11.9 Å². The number of nitrogens with two attached hydrogens (primary N) is 1. The van der Waals surface area contributed by atoms with Crippen molar-refractivity contribution in [2.24, 2.45) is 11.7 Å². The summed E-state index contributed by atoms with van der Waals surface area (Å²) >= 11 is 0. The lowest BCUT2D eigenvalue weighted by Crippen LogP contribution is -2.20. The molecule has 1 aromatic carbocycles. The van der Waals surface area contributed by atoms with Crippen molar-refractivity contribution in [3.05, 3.63) is 24.3 Å². The molecule has 0 heterocycles. The Labute approximate surface area is 98.9 Å². The highest BCUT2D eigenvalue weighted by molar-refractivity contribution is 5.94. The van der Waals surface area contributed by atoms with Gasteiger partial charge in [0.15, 0.2) is 6.61 Å². The van der Waals surface area contributed by atoms with Crippen LogP contribution in [-0.4, -0.2) is 18.4 Å². The van der Waals surface area contributed by atoms with Crippen LogP contribution in [0.2, 0.25) is 0 Å². The van der Waals surface area contributed by atoms with E-state index in [0.29, 0.717) is 11.4 Å². The number of hydrogen-bond acceptors (Lipinski definition) is 3. The minimum Gasteiger partial charge on any atom is -0.484 e. The van der Waals surface area contributed by atoms with Gasteiger partial charge in [0.1, 0.15) is 5.75 Å². The third-order valence-corrected chi connectivity index (χ3v) is 2.43. The van der Waals surface area contributed by atoms with Gasteiger partial charge in [0.25, 0.3) is 5.91 Å². The molecule has 0 aliphatic heterocycles. The first-order chi connectivity index (χ1) is 8.15. The van der Waals surface area contributed by atoms with Gasteiger partial charge in [-0.3, -0.25) is 9.59 Å². The zero-order valence-corrected chi connectivity index (χ0v) is 9.31. The number of nitrogens with one attached hydrogen (secondary N) is 1. The Bertz CT molecular complexity index is 441. The van der Waals surface area contributed by atoms with Crippen molar-refractivity contribution in [1.82, 2.24) is 0 Å². The van der Waals surface area contributed by atoms with E-state index in [9.17, 15) is 9.59 Å². The van der Waals surface area contributed by atoms with E-state index in [1.165, 1.54) is 0 Å². The number of rotatable bonds is 5. The maximum Gasteiger partial charge on any atom is 0.255 e. The minimum absolute atomic E-state index is 0.0389. The van der Waals surface area contributed by atoms with Gasteiger partial charge in [-0.1, -0.05) is 6.07 Å². The summed E-state index contributed by atoms with van der Waals surface area (Å²) in [6.07, 6.45) is 1.92. The average molecular weight is 234 g/mol. The summed E-state index contributed by atoms with van der Waals surface area (Å²) in [6, 6.07) is 6.90. The second-order valence-electron chi connectivity index (χ2n) is 4.05. The lowest BCUT2D eigenvalue weighted by atomic mass is 10.3. The molecule has 0 bridgehead atoms. The molecule has 5 nitrogen and oxygen atoms in total. The summed E-state index contributed by atoms with van der Waals surface area (Å²) < 4.78 is 5.14. The third kappa shape index (κ3) is 3.48. The predicted octanol–water partition coefficient (Wildman–Crippen LogP) is 0.899. The van der Waals surface area contributed by atoms with E-state index in [0.717, 1.165) is 12.8 Å². The summed E-state index contributed by atoms with van der Waals surface area (Å²) in [5.74, 6) is 0.178. The predicted molar refractivity (Wildman–Crippen MR) is 62.5 cm³/mol. The molecule has 0 aromatic heterocycles. The van der Waals surface area contributed by atoms with Gasteiger partial charge in [-0.2, -0.15) is 0 Å². The lowest BCUT2D eigenvalue weighted by Gasteiger charge is -2.07. The summed E-state index contributed by atoms with van der Waals surface area (Å²) in [7, 11) is 0. The van der Waals surface area contributed by atoms with Crippen LogP contribution in [0, 0.1) is 5.92 Å². The molecule has 5 heteroatoms. The summed E-state index contributed by atoms with van der Waals surface area (Å²) in [4.78, 5) is 22.1. The number of hydrogen-bond donors (Lipinski definition) is 2. The first kappa shape index (κ1) is 11.4. The second kappa shape index (κ2) is 4.86. The van der Waals surface area contributed by atoms with E-state index in [-0.39, 0.29) is 18.4 Å². The summed E-state index contributed by atoms with van der Waals surface area (Å²) in [5.41, 5.74) is 5.64. The van der Waals surface area contributed by atoms with Gasteiger partial charge < -0.3 is 15.8 Å². The molecule has 1 aromatic rings. The largest absolute Gasteiger partial charge is 0.484 e. The van der Waals surface area contributed by atoms with Gasteiger partial charge in [0, 0.05) is 17.7 Å². The molecular formula is C12H14N2O3. The smallest absolute Gasteiger partial charge is 0.255 e. The quantitative estimate of drug-likeness (QED) is 0.794. The maximum absolute atomic E-state index is 11.5. The van der Waals surface area contributed by atoms with Crippen molar-refractivity contribution >= 4 is 17.5 Å². The Hall–Kier alpha value is -2.04. The van der Waals surface area contributed by atoms with E-state index in [2.05, 4.69) is 5.32 Å². The molecule has 90 valence electrons. The zero-order chi connectivity index (χ0) is 12.3. The van der Waals surface area contributed by atoms with E-state index < -0.39 is 5.91 Å². The molecule has 0 radical (unpaired) electrons. The SMILES string of the molecule is NC(=O)COc1cccc(NC(=O)C2CC2)c1. The molecule has 1 saturated carbocycles. The first-order valence-corrected chi connectivity index (χ1v) is 5.47. The van der Waals surface area contributed by atoms with Crippen molar-refractivity contribution in [1.29, 1.82) is 0 Å². The lowest BCUT2D eigenvalue weighted by molar-refractivity contribution is -0.120. The van der Waals surface area contributed by atoms with Crippen LogP contribution in [0.3, 0.4) is 0 Å². The topological polar surface area (TPSA) is 81.4 Å². The standard InChI is InChI=1S/C12H14N2O3/c13-11(15)7-17-10-3-1-2-9(6-10)14-12(16)8-4-5-8/h1-3,6,8H,4-5,7H2,(H2,13,15)(H,14,16). The Morgan fingerprint density at radius 3 is 2.82 bits per heavy atom. The summed E-state index contributed by atoms with van der Waals surface area (Å²) in [5, 5.41) is 2.80. The highest BCUT2D eigenvalue weighted by Gasteiger charge is 2.29. The Morgan fingerprint density at radius 1 is 1.41 bits per heavy atom. The fourth-order valence-electron chi connectivity index (χ4n) is 1.41. The zero-order valence-electron chi connectivity index (χ0n) is 9.31. The van der Waals surface area contributed by atoms with Crippen LogP contribution in [0.25, 0.3) is 0 Å². The van der Waals surface area contributed by atoms with E-state index >= 15 is 0 Å². The van der Waals surface area contributed by atoms with E-state index in [1.54, 1.807) is 24.3 Å². The van der Waals surface area contributed by atoms with Crippen LogP contribution in [-0.2, 0) is 9.59 Å². The second-order valence-corrected chi connectivity index (χ2v) is 4.05. The number of carbonyl (C=O) groups is 2. The number of benzene rings is 1. The number of ether oxygens (including phenoxy) is 1. The van der Waals surface area contributed by atoms with Gasteiger partial charge in [0.05, 0.1) is 0 Å². The molecule has 1 aliphatic carbocycles. The molecule has 3 N–H and O–H groups in total. The van der Waals surface area contributed by atoms with Gasteiger partial charge in [-0.25, -0.2) is 0 Å². The molecule has 0 spiro atoms. The maximum atomic E-state index is 11.5. The molecule has 2 rings (SSSR count). The number of anilines is 1. The van der Waals surface area contributed by atoms with Crippen LogP contribution >= 0.6 is 0 Å². The van der Waals surface area contributed by atoms with Gasteiger partial charge in [-0.15, -0.1) is 0 Å². The van der Waals surface area contributed by atoms with Gasteiger partial charge in [-0.05, 0) is 25.0 Å². The first-order valence-electron chi connectivity index (χ1n) is 5.47. The third-order valence-electron chi connectivity index (χ3n) is 2.43. The number of primary amides is 1. The Kier molecular flexibility index (Phi) is 3.27.